The lowest BCUT2D eigenvalue weighted by molar-refractivity contribution is 1.36. The van der Waals surface area contributed by atoms with Gasteiger partial charge in [-0.3, -0.25) is 4.98 Å². The van der Waals surface area contributed by atoms with Crippen LogP contribution in [0.3, 0.4) is 0 Å². The third kappa shape index (κ3) is 1.50. The number of rotatable bonds is 0. The third-order valence-corrected chi connectivity index (χ3v) is 1.52. The van der Waals surface area contributed by atoms with Gasteiger partial charge >= 0.3 is 0 Å². The maximum Gasteiger partial charge on any atom is 0.116 e. The number of hydrogen-bond acceptors (Lipinski definition) is 1. The zero-order valence-corrected chi connectivity index (χ0v) is 7.33. The number of nitrogens with zero attached hydrogens (tertiary/aromatic N) is 1. The van der Waals surface area contributed by atoms with Gasteiger partial charge in [-0.25, -0.2) is 0 Å². The molecule has 2 aromatic rings. The van der Waals surface area contributed by atoms with Crippen LogP contribution in [0, 0.1) is 0 Å². The van der Waals surface area contributed by atoms with Crippen LogP contribution in [0.1, 0.15) is 15.3 Å². The van der Waals surface area contributed by atoms with Crippen LogP contribution in [-0.2, 0) is 0 Å². The molecular weight excluding hydrogens is 147 g/mol. The minimum atomic E-state index is 0. The van der Waals surface area contributed by atoms with E-state index in [2.05, 4.69) is 9.97 Å². The number of nitrogens with one attached hydrogen (secondary N) is 1. The molecule has 12 heavy (non-hydrogen) atoms. The second-order valence-electron chi connectivity index (χ2n) is 2.17. The van der Waals surface area contributed by atoms with E-state index in [0.717, 1.165) is 16.4 Å². The first-order chi connectivity index (χ1) is 5.88. The lowest BCUT2D eigenvalue weighted by Gasteiger charge is -1.86. The Labute approximate surface area is 74.9 Å². The average Bonchev–Trinajstić information content (AvgIpc) is 2.53. The fourth-order valence-electron chi connectivity index (χ4n) is 0.984. The summed E-state index contributed by atoms with van der Waals surface area (Å²) in [7, 11) is 5.60. The van der Waals surface area contributed by atoms with E-state index >= 15 is 0 Å². The summed E-state index contributed by atoms with van der Waals surface area (Å²) in [5.41, 5.74) is 1.79. The van der Waals surface area contributed by atoms with Crippen LogP contribution in [0.25, 0.3) is 10.9 Å². The van der Waals surface area contributed by atoms with Crippen molar-refractivity contribution in [2.45, 2.75) is 13.8 Å². The number of fused-ring (bicyclic) bond motifs is 1. The van der Waals surface area contributed by atoms with Crippen molar-refractivity contribution in [2.24, 2.45) is 0 Å². The molecule has 2 nitrogen and oxygen atoms in total. The summed E-state index contributed by atoms with van der Waals surface area (Å²) >= 11 is 0. The minimum absolute atomic E-state index is 0. The molecule has 0 aliphatic carbocycles. The van der Waals surface area contributed by atoms with Gasteiger partial charge in [0.1, 0.15) is 7.85 Å². The van der Waals surface area contributed by atoms with Gasteiger partial charge in [0.15, 0.2) is 0 Å². The Morgan fingerprint density at radius 3 is 2.92 bits per heavy atom. The van der Waals surface area contributed by atoms with E-state index in [-0.39, 0.29) is 1.43 Å². The van der Waals surface area contributed by atoms with Crippen LogP contribution < -0.4 is 5.46 Å². The van der Waals surface area contributed by atoms with Crippen molar-refractivity contribution in [3.63, 3.8) is 0 Å². The van der Waals surface area contributed by atoms with Crippen LogP contribution in [0.5, 0.6) is 0 Å². The molecule has 0 saturated carbocycles. The van der Waals surface area contributed by atoms with E-state index in [1.807, 2.05) is 19.9 Å². The Morgan fingerprint density at radius 2 is 2.25 bits per heavy atom. The molecule has 2 aromatic heterocycles. The molecule has 0 spiro atoms. The molecule has 0 atom stereocenters. The van der Waals surface area contributed by atoms with E-state index < -0.39 is 0 Å². The molecule has 0 fully saturated rings. The molecule has 2 heterocycles. The molecule has 0 aliphatic heterocycles. The Hall–Kier alpha value is -1.25. The van der Waals surface area contributed by atoms with E-state index in [9.17, 15) is 0 Å². The third-order valence-electron chi connectivity index (χ3n) is 1.52. The fourth-order valence-corrected chi connectivity index (χ4v) is 0.984. The zero-order valence-electron chi connectivity index (χ0n) is 7.33. The maximum absolute atomic E-state index is 5.60. The predicted molar refractivity (Wildman–Crippen MR) is 54.9 cm³/mol. The highest BCUT2D eigenvalue weighted by atomic mass is 14.7. The van der Waals surface area contributed by atoms with Crippen molar-refractivity contribution < 1.29 is 1.43 Å². The summed E-state index contributed by atoms with van der Waals surface area (Å²) in [5.74, 6) is 0. The summed E-state index contributed by atoms with van der Waals surface area (Å²) in [6.45, 7) is 4.00. The van der Waals surface area contributed by atoms with Gasteiger partial charge in [-0.1, -0.05) is 19.3 Å². The lowest BCUT2D eigenvalue weighted by Crippen LogP contribution is -1.96. The summed E-state index contributed by atoms with van der Waals surface area (Å²) in [6.07, 6.45) is 5.26. The van der Waals surface area contributed by atoms with Crippen LogP contribution in [-0.4, -0.2) is 17.8 Å². The first-order valence-electron chi connectivity index (χ1n) is 4.04. The summed E-state index contributed by atoms with van der Waals surface area (Å²) in [4.78, 5) is 6.97. The number of aromatic amines is 1. The highest BCUT2D eigenvalue weighted by Gasteiger charge is 1.94. The van der Waals surface area contributed by atoms with Gasteiger partial charge in [-0.05, 0) is 12.3 Å². The van der Waals surface area contributed by atoms with E-state index in [0.29, 0.717) is 0 Å². The van der Waals surface area contributed by atoms with E-state index in [1.54, 1.807) is 18.6 Å². The SMILES string of the molecule is CC.[B]c1c[nH]c2ccncc12.[HH]. The molecule has 2 radical (unpaired) electrons. The topological polar surface area (TPSA) is 28.7 Å². The van der Waals surface area contributed by atoms with Gasteiger partial charge in [0.05, 0.1) is 0 Å². The molecule has 1 N–H and O–H groups in total. The normalized spacial score (nSPS) is 9.17. The Morgan fingerprint density at radius 1 is 1.50 bits per heavy atom. The zero-order chi connectivity index (χ0) is 8.97. The first-order valence-corrected chi connectivity index (χ1v) is 4.04. The molecule has 2 rings (SSSR count). The molecule has 62 valence electrons. The van der Waals surface area contributed by atoms with Gasteiger partial charge in [-0.2, -0.15) is 0 Å². The van der Waals surface area contributed by atoms with Gasteiger partial charge in [-0.15, -0.1) is 0 Å². The van der Waals surface area contributed by atoms with Crippen LogP contribution in [0.4, 0.5) is 0 Å². The second kappa shape index (κ2) is 3.95. The molecule has 0 aromatic carbocycles. The largest absolute Gasteiger partial charge is 0.362 e. The minimum Gasteiger partial charge on any atom is -0.362 e. The lowest BCUT2D eigenvalue weighted by atomic mass is 9.97. The standard InChI is InChI=1S/C7H5BN2.C2H6.H2/c8-6-4-10-7-1-2-9-3-5(6)7;1-2;/h1-4,10H;1-2H3;1H. The molecular formula is C9H13BN2. The van der Waals surface area contributed by atoms with Gasteiger partial charge < -0.3 is 4.98 Å². The highest BCUT2D eigenvalue weighted by Crippen LogP contribution is 2.04. The number of H-pyrrole nitrogens is 1. The smallest absolute Gasteiger partial charge is 0.116 e. The van der Waals surface area contributed by atoms with Crippen molar-refractivity contribution in [3.8, 4) is 0 Å². The quantitative estimate of drug-likeness (QED) is 0.583. The molecule has 0 bridgehead atoms. The Balaban J connectivity index is 0.000000451. The van der Waals surface area contributed by atoms with Crippen molar-refractivity contribution >= 4 is 24.2 Å². The summed E-state index contributed by atoms with van der Waals surface area (Å²) in [6, 6.07) is 1.89. The monoisotopic (exact) mass is 160 g/mol. The average molecular weight is 160 g/mol. The van der Waals surface area contributed by atoms with Crippen LogP contribution in [0.2, 0.25) is 0 Å². The van der Waals surface area contributed by atoms with Crippen LogP contribution >= 0.6 is 0 Å². The second-order valence-corrected chi connectivity index (χ2v) is 2.17. The highest BCUT2D eigenvalue weighted by molar-refractivity contribution is 6.38. The number of hydrogen-bond donors (Lipinski definition) is 1. The van der Waals surface area contributed by atoms with Crippen molar-refractivity contribution in [1.82, 2.24) is 9.97 Å². The van der Waals surface area contributed by atoms with Gasteiger partial charge in [0, 0.05) is 24.7 Å². The number of pyridine rings is 1. The molecule has 0 unspecified atom stereocenters. The predicted octanol–water partition coefficient (Wildman–Crippen LogP) is 1.63. The summed E-state index contributed by atoms with van der Waals surface area (Å²) in [5, 5.41) is 0.988. The van der Waals surface area contributed by atoms with Crippen molar-refractivity contribution in [2.75, 3.05) is 0 Å². The van der Waals surface area contributed by atoms with E-state index in [1.165, 1.54) is 0 Å². The first kappa shape index (κ1) is 8.85. The Bertz CT molecular complexity index is 359. The summed E-state index contributed by atoms with van der Waals surface area (Å²) < 4.78 is 0. The van der Waals surface area contributed by atoms with Gasteiger partial charge in [0.25, 0.3) is 0 Å². The number of aromatic nitrogens is 2. The van der Waals surface area contributed by atoms with Gasteiger partial charge in [0.2, 0.25) is 0 Å². The fraction of sp³-hybridized carbons (Fsp3) is 0.222. The van der Waals surface area contributed by atoms with E-state index in [4.69, 9.17) is 7.85 Å². The Kier molecular flexibility index (Phi) is 2.91. The van der Waals surface area contributed by atoms with Crippen molar-refractivity contribution in [1.29, 1.82) is 0 Å². The maximum atomic E-state index is 5.60. The molecule has 0 amide bonds. The molecule has 0 aliphatic rings. The van der Waals surface area contributed by atoms with Crippen LogP contribution in [0.15, 0.2) is 24.7 Å². The molecule has 0 saturated heterocycles. The molecule has 3 heteroatoms. The van der Waals surface area contributed by atoms with Crippen molar-refractivity contribution in [3.05, 3.63) is 24.7 Å².